The number of carbonyl (C=O) groups excluding carboxylic acids is 1. The van der Waals surface area contributed by atoms with Gasteiger partial charge in [0, 0.05) is 18.9 Å². The molecule has 1 fully saturated rings. The van der Waals surface area contributed by atoms with Crippen molar-refractivity contribution >= 4 is 24.0 Å². The quantitative estimate of drug-likeness (QED) is 0.742. The summed E-state index contributed by atoms with van der Waals surface area (Å²) in [5.74, 6) is 1.03. The molecular weight excluding hydrogens is 320 g/mol. The van der Waals surface area contributed by atoms with Crippen molar-refractivity contribution in [3.8, 4) is 11.5 Å². The van der Waals surface area contributed by atoms with Crippen LogP contribution in [0.25, 0.3) is 0 Å². The van der Waals surface area contributed by atoms with Crippen LogP contribution in [0.1, 0.15) is 25.7 Å². The zero-order valence-corrected chi connectivity index (χ0v) is 14.4. The number of carbonyl (C=O) groups is 1. The minimum Gasteiger partial charge on any atom is -0.493 e. The molecule has 0 bridgehead atoms. The summed E-state index contributed by atoms with van der Waals surface area (Å²) in [4.78, 5) is 12.3. The van der Waals surface area contributed by atoms with Gasteiger partial charge >= 0.3 is 0 Å². The summed E-state index contributed by atoms with van der Waals surface area (Å²) in [5, 5.41) is 2.88. The van der Waals surface area contributed by atoms with Crippen LogP contribution in [0.15, 0.2) is 18.2 Å². The summed E-state index contributed by atoms with van der Waals surface area (Å²) in [6.07, 6.45) is 3.45. The zero-order valence-electron chi connectivity index (χ0n) is 13.6. The maximum absolute atomic E-state index is 12.3. The Kier molecular flexibility index (Phi) is 7.61. The molecule has 1 aliphatic rings. The Hall–Kier alpha value is -1.50. The highest BCUT2D eigenvalue weighted by atomic mass is 35.5. The third kappa shape index (κ3) is 4.99. The first-order valence-corrected chi connectivity index (χ1v) is 7.49. The number of anilines is 1. The predicted molar refractivity (Wildman–Crippen MR) is 91.6 cm³/mol. The Bertz CT molecular complexity index is 519. The van der Waals surface area contributed by atoms with Crippen molar-refractivity contribution in [2.75, 3.05) is 32.8 Å². The molecular formula is C16H25ClN2O4. The van der Waals surface area contributed by atoms with Crippen LogP contribution in [0, 0.1) is 0 Å². The average molecular weight is 345 g/mol. The molecule has 0 radical (unpaired) electrons. The van der Waals surface area contributed by atoms with Gasteiger partial charge in [-0.25, -0.2) is 0 Å². The fourth-order valence-electron chi connectivity index (χ4n) is 2.59. The van der Waals surface area contributed by atoms with Crippen LogP contribution < -0.4 is 20.5 Å². The van der Waals surface area contributed by atoms with Gasteiger partial charge in [-0.1, -0.05) is 12.8 Å². The number of benzene rings is 1. The van der Waals surface area contributed by atoms with Crippen molar-refractivity contribution < 1.29 is 19.0 Å². The number of halogens is 1. The lowest BCUT2D eigenvalue weighted by atomic mass is 9.98. The summed E-state index contributed by atoms with van der Waals surface area (Å²) in [6, 6.07) is 5.28. The van der Waals surface area contributed by atoms with Crippen molar-refractivity contribution in [2.24, 2.45) is 5.73 Å². The van der Waals surface area contributed by atoms with E-state index in [1.807, 2.05) is 0 Å². The van der Waals surface area contributed by atoms with E-state index in [0.29, 0.717) is 30.4 Å². The number of rotatable bonds is 7. The Morgan fingerprint density at radius 2 is 1.91 bits per heavy atom. The molecule has 3 N–H and O–H groups in total. The predicted octanol–water partition coefficient (Wildman–Crippen LogP) is 2.35. The van der Waals surface area contributed by atoms with Gasteiger partial charge in [-0.15, -0.1) is 12.4 Å². The largest absolute Gasteiger partial charge is 0.493 e. The molecule has 23 heavy (non-hydrogen) atoms. The summed E-state index contributed by atoms with van der Waals surface area (Å²) in [7, 11) is 3.18. The molecule has 1 aliphatic carbocycles. The third-order valence-corrected chi connectivity index (χ3v) is 3.91. The molecule has 1 aromatic rings. The first-order valence-electron chi connectivity index (χ1n) is 7.49. The van der Waals surface area contributed by atoms with Crippen molar-refractivity contribution in [3.05, 3.63) is 18.2 Å². The first kappa shape index (κ1) is 19.5. The molecule has 1 amide bonds. The van der Waals surface area contributed by atoms with Crippen LogP contribution in [0.4, 0.5) is 5.69 Å². The lowest BCUT2D eigenvalue weighted by molar-refractivity contribution is -0.121. The highest BCUT2D eigenvalue weighted by Crippen LogP contribution is 2.32. The summed E-state index contributed by atoms with van der Waals surface area (Å²) >= 11 is 0. The maximum atomic E-state index is 12.3. The molecule has 0 aromatic heterocycles. The Labute approximate surface area is 143 Å². The summed E-state index contributed by atoms with van der Waals surface area (Å²) in [5.41, 5.74) is 6.05. The zero-order chi connectivity index (χ0) is 16.0. The third-order valence-electron chi connectivity index (χ3n) is 3.91. The van der Waals surface area contributed by atoms with Gasteiger partial charge in [0.05, 0.1) is 19.3 Å². The molecule has 0 aliphatic heterocycles. The van der Waals surface area contributed by atoms with Gasteiger partial charge in [-0.05, 0) is 25.0 Å². The topological polar surface area (TPSA) is 82.8 Å². The van der Waals surface area contributed by atoms with Gasteiger partial charge < -0.3 is 25.3 Å². The van der Waals surface area contributed by atoms with E-state index >= 15 is 0 Å². The van der Waals surface area contributed by atoms with E-state index in [2.05, 4.69) is 5.32 Å². The normalized spacial score (nSPS) is 15.6. The second kappa shape index (κ2) is 8.96. The summed E-state index contributed by atoms with van der Waals surface area (Å²) < 4.78 is 15.8. The average Bonchev–Trinajstić information content (AvgIpc) is 2.96. The van der Waals surface area contributed by atoms with E-state index in [-0.39, 0.29) is 18.3 Å². The second-order valence-electron chi connectivity index (χ2n) is 5.52. The standard InChI is InChI=1S/C16H24N2O4.ClH/c1-20-9-10-22-14-11-12(5-6-13(14)21-2)18-15(19)16(17)7-3-4-8-16;/h5-6,11H,3-4,7-10,17H2,1-2H3,(H,18,19);1H. The van der Waals surface area contributed by atoms with Crippen LogP contribution in [-0.2, 0) is 9.53 Å². The van der Waals surface area contributed by atoms with Crippen molar-refractivity contribution in [1.82, 2.24) is 0 Å². The number of hydrogen-bond acceptors (Lipinski definition) is 5. The Morgan fingerprint density at radius 1 is 1.22 bits per heavy atom. The number of methoxy groups -OCH3 is 2. The van der Waals surface area contributed by atoms with E-state index < -0.39 is 5.54 Å². The van der Waals surface area contributed by atoms with Crippen LogP contribution in [0.5, 0.6) is 11.5 Å². The number of nitrogens with two attached hydrogens (primary N) is 1. The number of nitrogens with one attached hydrogen (secondary N) is 1. The van der Waals surface area contributed by atoms with E-state index in [4.69, 9.17) is 19.9 Å². The van der Waals surface area contributed by atoms with Crippen LogP contribution in [0.2, 0.25) is 0 Å². The summed E-state index contributed by atoms with van der Waals surface area (Å²) in [6.45, 7) is 0.886. The highest BCUT2D eigenvalue weighted by molar-refractivity contribution is 5.98. The van der Waals surface area contributed by atoms with E-state index in [1.54, 1.807) is 32.4 Å². The van der Waals surface area contributed by atoms with Gasteiger partial charge in [-0.3, -0.25) is 4.79 Å². The smallest absolute Gasteiger partial charge is 0.244 e. The van der Waals surface area contributed by atoms with Gasteiger partial charge in [0.2, 0.25) is 5.91 Å². The Morgan fingerprint density at radius 3 is 2.52 bits per heavy atom. The van der Waals surface area contributed by atoms with Gasteiger partial charge in [0.1, 0.15) is 6.61 Å². The molecule has 0 atom stereocenters. The van der Waals surface area contributed by atoms with E-state index in [0.717, 1.165) is 25.7 Å². The van der Waals surface area contributed by atoms with Crippen LogP contribution in [-0.4, -0.2) is 38.9 Å². The minimum absolute atomic E-state index is 0. The molecule has 0 heterocycles. The van der Waals surface area contributed by atoms with Gasteiger partial charge in [0.25, 0.3) is 0 Å². The Balaban J connectivity index is 0.00000264. The SMILES string of the molecule is COCCOc1cc(NC(=O)C2(N)CCCC2)ccc1OC.Cl. The van der Waals surface area contributed by atoms with Crippen molar-refractivity contribution in [2.45, 2.75) is 31.2 Å². The molecule has 0 spiro atoms. The number of ether oxygens (including phenoxy) is 3. The van der Waals surface area contributed by atoms with Crippen LogP contribution >= 0.6 is 12.4 Å². The van der Waals surface area contributed by atoms with Gasteiger partial charge in [-0.2, -0.15) is 0 Å². The second-order valence-corrected chi connectivity index (χ2v) is 5.52. The fraction of sp³-hybridized carbons (Fsp3) is 0.562. The van der Waals surface area contributed by atoms with E-state index in [1.165, 1.54) is 0 Å². The molecule has 1 saturated carbocycles. The van der Waals surface area contributed by atoms with Crippen molar-refractivity contribution in [1.29, 1.82) is 0 Å². The molecule has 0 saturated heterocycles. The molecule has 6 nitrogen and oxygen atoms in total. The number of amides is 1. The molecule has 130 valence electrons. The highest BCUT2D eigenvalue weighted by Gasteiger charge is 2.37. The number of hydrogen-bond donors (Lipinski definition) is 2. The molecule has 2 rings (SSSR count). The lowest BCUT2D eigenvalue weighted by Gasteiger charge is -2.22. The first-order chi connectivity index (χ1) is 10.6. The molecule has 0 unspecified atom stereocenters. The molecule has 1 aromatic carbocycles. The monoisotopic (exact) mass is 344 g/mol. The minimum atomic E-state index is -0.753. The lowest BCUT2D eigenvalue weighted by Crippen LogP contribution is -2.48. The van der Waals surface area contributed by atoms with Crippen LogP contribution in [0.3, 0.4) is 0 Å². The fourth-order valence-corrected chi connectivity index (χ4v) is 2.59. The van der Waals surface area contributed by atoms with Crippen molar-refractivity contribution in [3.63, 3.8) is 0 Å². The maximum Gasteiger partial charge on any atom is 0.244 e. The van der Waals surface area contributed by atoms with Gasteiger partial charge in [0.15, 0.2) is 11.5 Å². The van der Waals surface area contributed by atoms with E-state index in [9.17, 15) is 4.79 Å². The molecule has 7 heteroatoms.